The van der Waals surface area contributed by atoms with Gasteiger partial charge in [-0.25, -0.2) is 8.42 Å². The number of ether oxygens (including phenoxy) is 1. The lowest BCUT2D eigenvalue weighted by Gasteiger charge is -2.17. The van der Waals surface area contributed by atoms with Crippen LogP contribution in [0.25, 0.3) is 0 Å². The Morgan fingerprint density at radius 3 is 2.46 bits per heavy atom. The van der Waals surface area contributed by atoms with Gasteiger partial charge in [0.2, 0.25) is 15.9 Å². The summed E-state index contributed by atoms with van der Waals surface area (Å²) in [5.41, 5.74) is 2.11. The van der Waals surface area contributed by atoms with Gasteiger partial charge in [-0.15, -0.1) is 0 Å². The fourth-order valence-corrected chi connectivity index (χ4v) is 4.04. The molecule has 2 rings (SSSR count). The molecule has 0 saturated carbocycles. The number of carbonyl (C=O) groups excluding carboxylic acids is 1. The number of halogens is 1. The highest BCUT2D eigenvalue weighted by Crippen LogP contribution is 2.25. The molecule has 140 valence electrons. The molecular formula is C18H21ClN2O4S. The van der Waals surface area contributed by atoms with Crippen LogP contribution in [0.2, 0.25) is 5.02 Å². The molecule has 0 heterocycles. The second kappa shape index (κ2) is 8.07. The molecule has 0 saturated heterocycles. The van der Waals surface area contributed by atoms with Crippen molar-refractivity contribution in [1.82, 2.24) is 4.72 Å². The third kappa shape index (κ3) is 4.75. The van der Waals surface area contributed by atoms with E-state index in [4.69, 9.17) is 16.3 Å². The number of amides is 1. The van der Waals surface area contributed by atoms with Crippen LogP contribution in [0.4, 0.5) is 5.69 Å². The average Bonchev–Trinajstić information content (AvgIpc) is 2.56. The Morgan fingerprint density at radius 1 is 1.15 bits per heavy atom. The summed E-state index contributed by atoms with van der Waals surface area (Å²) in [5.74, 6) is -0.269. The Hall–Kier alpha value is -2.09. The standard InChI is InChI=1S/C18H21ClN2O4S/c1-11-5-8-16(25-4)17(9-11)26(23,24)21-13(3)18(22)20-15-7-6-14(19)10-12(15)2/h5-10,13,21H,1-4H3,(H,20,22)/t13-/m0/s1. The Kier molecular flexibility index (Phi) is 6.28. The number of nitrogens with one attached hydrogen (secondary N) is 2. The first-order valence-electron chi connectivity index (χ1n) is 7.88. The summed E-state index contributed by atoms with van der Waals surface area (Å²) < 4.78 is 32.8. The van der Waals surface area contributed by atoms with Crippen molar-refractivity contribution in [1.29, 1.82) is 0 Å². The van der Waals surface area contributed by atoms with Crippen molar-refractivity contribution in [2.45, 2.75) is 31.7 Å². The zero-order chi connectivity index (χ0) is 19.5. The number of carbonyl (C=O) groups is 1. The second-order valence-electron chi connectivity index (χ2n) is 5.95. The molecule has 0 aliphatic rings. The third-order valence-electron chi connectivity index (χ3n) is 3.78. The lowest BCUT2D eigenvalue weighted by Crippen LogP contribution is -2.41. The molecule has 8 heteroatoms. The molecule has 0 aromatic heterocycles. The fourth-order valence-electron chi connectivity index (χ4n) is 2.35. The molecule has 2 aromatic rings. The van der Waals surface area contributed by atoms with Crippen LogP contribution in [-0.4, -0.2) is 27.5 Å². The van der Waals surface area contributed by atoms with Gasteiger partial charge in [0.25, 0.3) is 0 Å². The van der Waals surface area contributed by atoms with Gasteiger partial charge in [0, 0.05) is 10.7 Å². The van der Waals surface area contributed by atoms with Crippen molar-refractivity contribution in [2.75, 3.05) is 12.4 Å². The Balaban J connectivity index is 2.18. The maximum absolute atomic E-state index is 12.7. The summed E-state index contributed by atoms with van der Waals surface area (Å²) in [6.45, 7) is 5.05. The first-order valence-corrected chi connectivity index (χ1v) is 9.74. The Labute approximate surface area is 158 Å². The maximum atomic E-state index is 12.7. The molecular weight excluding hydrogens is 376 g/mol. The number of benzene rings is 2. The lowest BCUT2D eigenvalue weighted by molar-refractivity contribution is -0.117. The van der Waals surface area contributed by atoms with Crippen LogP contribution >= 0.6 is 11.6 Å². The summed E-state index contributed by atoms with van der Waals surface area (Å²) in [6, 6.07) is 8.86. The maximum Gasteiger partial charge on any atom is 0.244 e. The van der Waals surface area contributed by atoms with E-state index in [-0.39, 0.29) is 10.6 Å². The molecule has 0 unspecified atom stereocenters. The molecule has 26 heavy (non-hydrogen) atoms. The van der Waals surface area contributed by atoms with Gasteiger partial charge in [0.15, 0.2) is 0 Å². The van der Waals surface area contributed by atoms with Crippen molar-refractivity contribution in [3.8, 4) is 5.75 Å². The van der Waals surface area contributed by atoms with E-state index < -0.39 is 22.0 Å². The van der Waals surface area contributed by atoms with Gasteiger partial charge in [-0.2, -0.15) is 4.72 Å². The monoisotopic (exact) mass is 396 g/mol. The Bertz CT molecular complexity index is 929. The number of hydrogen-bond acceptors (Lipinski definition) is 4. The molecule has 6 nitrogen and oxygen atoms in total. The van der Waals surface area contributed by atoms with Crippen molar-refractivity contribution in [3.05, 3.63) is 52.5 Å². The van der Waals surface area contributed by atoms with Crippen molar-refractivity contribution >= 4 is 33.2 Å². The molecule has 2 N–H and O–H groups in total. The van der Waals surface area contributed by atoms with Crippen LogP contribution in [0.3, 0.4) is 0 Å². The van der Waals surface area contributed by atoms with Crippen molar-refractivity contribution < 1.29 is 17.9 Å². The van der Waals surface area contributed by atoms with E-state index in [2.05, 4.69) is 10.0 Å². The number of sulfonamides is 1. The van der Waals surface area contributed by atoms with Gasteiger partial charge in [-0.05, 0) is 62.2 Å². The number of anilines is 1. The molecule has 0 aliphatic heterocycles. The predicted octanol–water partition coefficient (Wildman–Crippen LogP) is 3.27. The first kappa shape index (κ1) is 20.2. The van der Waals surface area contributed by atoms with Crippen molar-refractivity contribution in [2.24, 2.45) is 0 Å². The summed E-state index contributed by atoms with van der Waals surface area (Å²) in [7, 11) is -2.54. The topological polar surface area (TPSA) is 84.5 Å². The van der Waals surface area contributed by atoms with Crippen LogP contribution in [0.5, 0.6) is 5.75 Å². The molecule has 1 atom stereocenters. The van der Waals surface area contributed by atoms with E-state index in [1.807, 2.05) is 0 Å². The predicted molar refractivity (Wildman–Crippen MR) is 102 cm³/mol. The van der Waals surface area contributed by atoms with E-state index in [0.29, 0.717) is 10.7 Å². The number of methoxy groups -OCH3 is 1. The molecule has 0 fully saturated rings. The summed E-state index contributed by atoms with van der Waals surface area (Å²) in [5, 5.41) is 3.25. The quantitative estimate of drug-likeness (QED) is 0.784. The van der Waals surface area contributed by atoms with Gasteiger partial charge in [-0.3, -0.25) is 4.79 Å². The van der Waals surface area contributed by atoms with E-state index in [1.165, 1.54) is 20.1 Å². The van der Waals surface area contributed by atoms with E-state index in [0.717, 1.165) is 11.1 Å². The lowest BCUT2D eigenvalue weighted by atomic mass is 10.2. The van der Waals surface area contributed by atoms with E-state index >= 15 is 0 Å². The minimum absolute atomic E-state index is 0.0117. The number of aryl methyl sites for hydroxylation is 2. The van der Waals surface area contributed by atoms with Gasteiger partial charge < -0.3 is 10.1 Å². The van der Waals surface area contributed by atoms with Crippen LogP contribution < -0.4 is 14.8 Å². The van der Waals surface area contributed by atoms with Crippen LogP contribution in [-0.2, 0) is 14.8 Å². The summed E-state index contributed by atoms with van der Waals surface area (Å²) >= 11 is 5.90. The molecule has 0 aliphatic carbocycles. The smallest absolute Gasteiger partial charge is 0.244 e. The number of rotatable bonds is 6. The third-order valence-corrected chi connectivity index (χ3v) is 5.58. The minimum atomic E-state index is -3.94. The number of hydrogen-bond donors (Lipinski definition) is 2. The largest absolute Gasteiger partial charge is 0.495 e. The summed E-state index contributed by atoms with van der Waals surface area (Å²) in [4.78, 5) is 12.4. The molecule has 0 spiro atoms. The highest BCUT2D eigenvalue weighted by Gasteiger charge is 2.25. The molecule has 2 aromatic carbocycles. The molecule has 0 radical (unpaired) electrons. The zero-order valence-electron chi connectivity index (χ0n) is 15.0. The molecule has 0 bridgehead atoms. The average molecular weight is 397 g/mol. The van der Waals surface area contributed by atoms with Gasteiger partial charge in [0.05, 0.1) is 13.2 Å². The van der Waals surface area contributed by atoms with Gasteiger partial charge in [0.1, 0.15) is 10.6 Å². The zero-order valence-corrected chi connectivity index (χ0v) is 16.5. The highest BCUT2D eigenvalue weighted by atomic mass is 35.5. The van der Waals surface area contributed by atoms with Gasteiger partial charge >= 0.3 is 0 Å². The van der Waals surface area contributed by atoms with Crippen LogP contribution in [0.1, 0.15) is 18.1 Å². The summed E-state index contributed by atoms with van der Waals surface area (Å²) in [6.07, 6.45) is 0. The molecule has 1 amide bonds. The normalized spacial score (nSPS) is 12.5. The van der Waals surface area contributed by atoms with Crippen molar-refractivity contribution in [3.63, 3.8) is 0 Å². The Morgan fingerprint density at radius 2 is 1.85 bits per heavy atom. The fraction of sp³-hybridized carbons (Fsp3) is 0.278. The van der Waals surface area contributed by atoms with E-state index in [1.54, 1.807) is 44.2 Å². The highest BCUT2D eigenvalue weighted by molar-refractivity contribution is 7.89. The van der Waals surface area contributed by atoms with Crippen LogP contribution in [0, 0.1) is 13.8 Å². The minimum Gasteiger partial charge on any atom is -0.495 e. The van der Waals surface area contributed by atoms with Crippen LogP contribution in [0.15, 0.2) is 41.3 Å². The first-order chi connectivity index (χ1) is 12.1. The van der Waals surface area contributed by atoms with E-state index in [9.17, 15) is 13.2 Å². The van der Waals surface area contributed by atoms with Gasteiger partial charge in [-0.1, -0.05) is 17.7 Å². The SMILES string of the molecule is COc1ccc(C)cc1S(=O)(=O)N[C@@H](C)C(=O)Nc1ccc(Cl)cc1C. The second-order valence-corrected chi connectivity index (χ2v) is 8.06.